The van der Waals surface area contributed by atoms with Gasteiger partial charge in [-0.05, 0) is 6.07 Å². The summed E-state index contributed by atoms with van der Waals surface area (Å²) in [5.74, 6) is 0.596. The van der Waals surface area contributed by atoms with E-state index in [9.17, 15) is 10.1 Å². The highest BCUT2D eigenvalue weighted by molar-refractivity contribution is 7.07. The fourth-order valence-corrected chi connectivity index (χ4v) is 1.66. The molecule has 16 heavy (non-hydrogen) atoms. The molecule has 0 aliphatic rings. The lowest BCUT2D eigenvalue weighted by molar-refractivity contribution is -0.385. The molecular formula is C9H8N4O2S. The molecule has 0 bridgehead atoms. The van der Waals surface area contributed by atoms with E-state index in [-0.39, 0.29) is 5.69 Å². The second kappa shape index (κ2) is 4.67. The van der Waals surface area contributed by atoms with Crippen molar-refractivity contribution in [2.45, 2.75) is 6.54 Å². The Morgan fingerprint density at radius 1 is 1.44 bits per heavy atom. The molecule has 2 aromatic heterocycles. The van der Waals surface area contributed by atoms with Crippen LogP contribution in [0, 0.1) is 10.1 Å². The molecule has 0 unspecified atom stereocenters. The van der Waals surface area contributed by atoms with E-state index in [0.29, 0.717) is 12.4 Å². The minimum Gasteiger partial charge on any atom is -0.364 e. The summed E-state index contributed by atoms with van der Waals surface area (Å²) in [6.45, 7) is 0.564. The summed E-state index contributed by atoms with van der Waals surface area (Å²) in [5, 5.41) is 15.3. The molecule has 0 saturated heterocycles. The summed E-state index contributed by atoms with van der Waals surface area (Å²) < 4.78 is 0. The number of thiazole rings is 1. The molecule has 0 amide bonds. The molecule has 7 heteroatoms. The molecule has 0 saturated carbocycles. The van der Waals surface area contributed by atoms with Crippen molar-refractivity contribution in [2.24, 2.45) is 0 Å². The largest absolute Gasteiger partial charge is 0.364 e. The number of rotatable bonds is 4. The second-order valence-electron chi connectivity index (χ2n) is 2.99. The molecule has 2 heterocycles. The first-order valence-corrected chi connectivity index (χ1v) is 5.41. The van der Waals surface area contributed by atoms with Crippen LogP contribution in [0.5, 0.6) is 0 Å². The number of aromatic nitrogens is 2. The van der Waals surface area contributed by atoms with Gasteiger partial charge in [0, 0.05) is 11.4 Å². The van der Waals surface area contributed by atoms with E-state index in [2.05, 4.69) is 15.3 Å². The van der Waals surface area contributed by atoms with Gasteiger partial charge in [-0.15, -0.1) is 11.3 Å². The number of hydrogen-bond acceptors (Lipinski definition) is 6. The lowest BCUT2D eigenvalue weighted by Gasteiger charge is -2.02. The number of nitrogens with zero attached hydrogens (tertiary/aromatic N) is 3. The topological polar surface area (TPSA) is 81.0 Å². The Bertz CT molecular complexity index is 469. The molecule has 1 N–H and O–H groups in total. The van der Waals surface area contributed by atoms with Crippen molar-refractivity contribution in [1.29, 1.82) is 0 Å². The van der Waals surface area contributed by atoms with E-state index in [0.717, 1.165) is 5.69 Å². The SMILES string of the molecule is O=[N+]([O-])c1ccc(NCc2cscn2)nc1. The van der Waals surface area contributed by atoms with E-state index >= 15 is 0 Å². The standard InChI is InChI=1S/C9H8N4O2S/c14-13(15)8-1-2-9(11-4-8)10-3-7-5-16-6-12-7/h1-2,4-6H,3H2,(H,10,11). The van der Waals surface area contributed by atoms with Gasteiger partial charge in [0.05, 0.1) is 22.7 Å². The molecular weight excluding hydrogens is 228 g/mol. The monoisotopic (exact) mass is 236 g/mol. The van der Waals surface area contributed by atoms with E-state index in [1.807, 2.05) is 5.38 Å². The number of anilines is 1. The van der Waals surface area contributed by atoms with Gasteiger partial charge in [-0.25, -0.2) is 9.97 Å². The van der Waals surface area contributed by atoms with Crippen LogP contribution in [-0.2, 0) is 6.54 Å². The highest BCUT2D eigenvalue weighted by Crippen LogP contribution is 2.12. The van der Waals surface area contributed by atoms with E-state index in [1.165, 1.54) is 23.6 Å². The Balaban J connectivity index is 1.98. The van der Waals surface area contributed by atoms with E-state index in [4.69, 9.17) is 0 Å². The van der Waals surface area contributed by atoms with Crippen LogP contribution in [0.1, 0.15) is 5.69 Å². The predicted molar refractivity (Wildman–Crippen MR) is 60.3 cm³/mol. The minimum atomic E-state index is -0.475. The fourth-order valence-electron chi connectivity index (χ4n) is 1.10. The van der Waals surface area contributed by atoms with Gasteiger partial charge in [-0.2, -0.15) is 0 Å². The molecule has 6 nitrogen and oxygen atoms in total. The van der Waals surface area contributed by atoms with Crippen LogP contribution in [0.2, 0.25) is 0 Å². The first-order chi connectivity index (χ1) is 7.75. The van der Waals surface area contributed by atoms with Gasteiger partial charge < -0.3 is 5.32 Å². The highest BCUT2D eigenvalue weighted by atomic mass is 32.1. The Labute approximate surface area is 95.1 Å². The first-order valence-electron chi connectivity index (χ1n) is 4.47. The smallest absolute Gasteiger partial charge is 0.287 e. The molecule has 0 aliphatic carbocycles. The summed E-state index contributed by atoms with van der Waals surface area (Å²) in [7, 11) is 0. The number of hydrogen-bond donors (Lipinski definition) is 1. The number of nitrogens with one attached hydrogen (secondary N) is 1. The van der Waals surface area contributed by atoms with Crippen LogP contribution in [-0.4, -0.2) is 14.9 Å². The lowest BCUT2D eigenvalue weighted by atomic mass is 10.4. The fraction of sp³-hybridized carbons (Fsp3) is 0.111. The third-order valence-electron chi connectivity index (χ3n) is 1.89. The number of pyridine rings is 1. The van der Waals surface area contributed by atoms with Gasteiger partial charge in [-0.3, -0.25) is 10.1 Å². The van der Waals surface area contributed by atoms with Crippen LogP contribution in [0.15, 0.2) is 29.2 Å². The molecule has 2 aromatic rings. The third-order valence-corrected chi connectivity index (χ3v) is 2.53. The molecule has 0 spiro atoms. The Hall–Kier alpha value is -2.02. The molecule has 0 atom stereocenters. The zero-order chi connectivity index (χ0) is 11.4. The Kier molecular flexibility index (Phi) is 3.06. The summed E-state index contributed by atoms with van der Waals surface area (Å²) >= 11 is 1.52. The van der Waals surface area contributed by atoms with Gasteiger partial charge >= 0.3 is 0 Å². The predicted octanol–water partition coefficient (Wildman–Crippen LogP) is 2.06. The average molecular weight is 236 g/mol. The zero-order valence-corrected chi connectivity index (χ0v) is 8.98. The summed E-state index contributed by atoms with van der Waals surface area (Å²) in [5.41, 5.74) is 2.66. The quantitative estimate of drug-likeness (QED) is 0.649. The molecule has 0 radical (unpaired) electrons. The van der Waals surface area contributed by atoms with Crippen molar-refractivity contribution < 1.29 is 4.92 Å². The van der Waals surface area contributed by atoms with Crippen molar-refractivity contribution in [3.05, 3.63) is 45.0 Å². The summed E-state index contributed by atoms with van der Waals surface area (Å²) in [4.78, 5) is 17.9. The van der Waals surface area contributed by atoms with Gasteiger partial charge in [0.2, 0.25) is 0 Å². The van der Waals surface area contributed by atoms with Gasteiger partial charge in [-0.1, -0.05) is 0 Å². The van der Waals surface area contributed by atoms with Crippen molar-refractivity contribution in [3.8, 4) is 0 Å². The summed E-state index contributed by atoms with van der Waals surface area (Å²) in [6, 6.07) is 2.99. The van der Waals surface area contributed by atoms with Crippen LogP contribution >= 0.6 is 11.3 Å². The molecule has 0 fully saturated rings. The highest BCUT2D eigenvalue weighted by Gasteiger charge is 2.04. The van der Waals surface area contributed by atoms with Crippen LogP contribution in [0.25, 0.3) is 0 Å². The van der Waals surface area contributed by atoms with Crippen molar-refractivity contribution in [1.82, 2.24) is 9.97 Å². The lowest BCUT2D eigenvalue weighted by Crippen LogP contribution is -2.01. The second-order valence-corrected chi connectivity index (χ2v) is 3.71. The zero-order valence-electron chi connectivity index (χ0n) is 8.16. The average Bonchev–Trinajstić information content (AvgIpc) is 2.80. The molecule has 0 aromatic carbocycles. The molecule has 0 aliphatic heterocycles. The van der Waals surface area contributed by atoms with Crippen LogP contribution in [0.4, 0.5) is 11.5 Å². The Morgan fingerprint density at radius 3 is 2.88 bits per heavy atom. The summed E-state index contributed by atoms with van der Waals surface area (Å²) in [6.07, 6.45) is 1.23. The first kappa shape index (κ1) is 10.5. The third kappa shape index (κ3) is 2.51. The normalized spacial score (nSPS) is 10.0. The molecule has 2 rings (SSSR count). The Morgan fingerprint density at radius 2 is 2.31 bits per heavy atom. The maximum atomic E-state index is 10.4. The van der Waals surface area contributed by atoms with Crippen molar-refractivity contribution in [3.63, 3.8) is 0 Å². The maximum Gasteiger partial charge on any atom is 0.287 e. The van der Waals surface area contributed by atoms with Crippen molar-refractivity contribution >= 4 is 22.8 Å². The van der Waals surface area contributed by atoms with Crippen LogP contribution < -0.4 is 5.32 Å². The minimum absolute atomic E-state index is 0.0146. The van der Waals surface area contributed by atoms with E-state index in [1.54, 1.807) is 11.6 Å². The van der Waals surface area contributed by atoms with Gasteiger partial charge in [0.1, 0.15) is 12.0 Å². The van der Waals surface area contributed by atoms with E-state index < -0.39 is 4.92 Å². The van der Waals surface area contributed by atoms with Gasteiger partial charge in [0.25, 0.3) is 5.69 Å². The van der Waals surface area contributed by atoms with Gasteiger partial charge in [0.15, 0.2) is 0 Å². The maximum absolute atomic E-state index is 10.4. The molecule has 82 valence electrons. The van der Waals surface area contributed by atoms with Crippen molar-refractivity contribution in [2.75, 3.05) is 5.32 Å². The van der Waals surface area contributed by atoms with Crippen LogP contribution in [0.3, 0.4) is 0 Å². The number of nitro groups is 1.